The number of aliphatic carboxylic acids is 4. The molecule has 0 aromatic heterocycles. The highest BCUT2D eigenvalue weighted by Gasteiger charge is 2.34. The zero-order chi connectivity index (χ0) is 52.7. The quantitative estimate of drug-likeness (QED) is 0.0291. The summed E-state index contributed by atoms with van der Waals surface area (Å²) >= 11 is 0.780. The number of carbonyl (C=O) groups excluding carboxylic acids is 5. The number of nitrogens with two attached hydrogens (primary N) is 3. The lowest BCUT2D eigenvalue weighted by Crippen LogP contribution is -2.59. The number of thioether (sulfide) groups is 1. The first kappa shape index (κ1) is 55.3. The molecule has 2 aliphatic rings. The number of nitrogens with zero attached hydrogens (tertiary/aromatic N) is 4. The topological polar surface area (TPSA) is 401 Å². The van der Waals surface area contributed by atoms with Crippen molar-refractivity contribution in [2.45, 2.75) is 49.9 Å². The van der Waals surface area contributed by atoms with E-state index in [1.54, 1.807) is 0 Å². The zero-order valence-electron chi connectivity index (χ0n) is 39.0. The summed E-state index contributed by atoms with van der Waals surface area (Å²) in [6, 6.07) is 3.99. The molecule has 0 saturated carbocycles. The molecule has 0 unspecified atom stereocenters. The molecule has 26 heteroatoms. The van der Waals surface area contributed by atoms with Crippen molar-refractivity contribution in [3.8, 4) is 11.5 Å². The maximum atomic E-state index is 13.6. The van der Waals surface area contributed by atoms with Gasteiger partial charge in [-0.1, -0.05) is 6.08 Å². The van der Waals surface area contributed by atoms with Crippen LogP contribution < -0.4 is 53.0 Å². The standard InChI is InChI=1S/C45H55N11O14S/c1-55(2)23-8-11-26-33(15-23)70-34-16-24(56(3)4)9-12-27(34)39(26)25-10-7-22(14-28(25)43(66)67)50-36(58)21-71-20-32(51-35(57)19-46)42(65)54-31(18-38(61)62)41(64)53-30(17-37(59)60)40(63)52-29(44(68)69)6-5-13-49-45(47)48/h7-12,14-16,29-32H,5-6,13,17-21,46H2,1-4H3,(H,51,57)(H,52,63)(H,53,64)(H,54,65)(H,59,60)(H,61,62)(H,66,67)(H,68,69)(H4,47,48,49)/t29-,30-,31-,32-/m0/s1. The number of carbonyl (C=O) groups is 9. The van der Waals surface area contributed by atoms with E-state index in [1.165, 1.54) is 18.2 Å². The first-order valence-corrected chi connectivity index (χ1v) is 22.7. The number of amides is 5. The minimum Gasteiger partial charge on any atom is -0.481 e. The lowest BCUT2D eigenvalue weighted by molar-refractivity contribution is -0.145. The van der Waals surface area contributed by atoms with Crippen LogP contribution in [0.5, 0.6) is 11.5 Å². The molecule has 0 fully saturated rings. The highest BCUT2D eigenvalue weighted by molar-refractivity contribution is 8.00. The Kier molecular flexibility index (Phi) is 19.8. The van der Waals surface area contributed by atoms with Crippen LogP contribution in [-0.2, 0) is 43.2 Å². The SMILES string of the molecule is CN(C)c1ccc2c(c1)Oc1cc(N(C)C)ccc1C2=C1C=CC(=NC(=O)CSC[C@H](NC(=O)CN)C(=O)N[C@@H](CC(=O)O)C(=O)N[C@@H](CC(=O)O)C(=O)N[C@@H](CCCN=C(N)N)C(=O)O)C=C1C(=O)O. The van der Waals surface area contributed by atoms with Crippen LogP contribution in [0.1, 0.15) is 36.8 Å². The lowest BCUT2D eigenvalue weighted by atomic mass is 9.84. The molecule has 0 radical (unpaired) electrons. The normalized spacial score (nSPS) is 14.7. The Morgan fingerprint density at radius 1 is 0.718 bits per heavy atom. The second kappa shape index (κ2) is 25.4. The number of carboxylic acids is 4. The summed E-state index contributed by atoms with van der Waals surface area (Å²) in [5.41, 5.74) is 19.6. The van der Waals surface area contributed by atoms with Crippen molar-refractivity contribution in [1.82, 2.24) is 21.3 Å². The largest absolute Gasteiger partial charge is 0.481 e. The van der Waals surface area contributed by atoms with Crippen molar-refractivity contribution in [1.29, 1.82) is 0 Å². The average Bonchev–Trinajstić information content (AvgIpc) is 3.29. The summed E-state index contributed by atoms with van der Waals surface area (Å²) in [6.07, 6.45) is 1.89. The van der Waals surface area contributed by atoms with Crippen LogP contribution >= 0.6 is 11.8 Å². The number of carboxylic acid groups (broad SMARTS) is 4. The number of guanidine groups is 1. The van der Waals surface area contributed by atoms with Crippen LogP contribution in [0.4, 0.5) is 11.4 Å². The van der Waals surface area contributed by atoms with Gasteiger partial charge in [0, 0.05) is 80.7 Å². The molecule has 1 aliphatic heterocycles. The number of ether oxygens (including phenoxy) is 1. The van der Waals surface area contributed by atoms with Gasteiger partial charge >= 0.3 is 23.9 Å². The summed E-state index contributed by atoms with van der Waals surface area (Å²) in [4.78, 5) is 125. The Morgan fingerprint density at radius 3 is 1.70 bits per heavy atom. The van der Waals surface area contributed by atoms with Gasteiger partial charge in [-0.3, -0.25) is 38.6 Å². The Hall–Kier alpha value is -8.26. The molecule has 71 heavy (non-hydrogen) atoms. The van der Waals surface area contributed by atoms with E-state index in [2.05, 4.69) is 25.9 Å². The maximum absolute atomic E-state index is 13.6. The number of aliphatic imine (C=N–C) groups is 2. The molecular formula is C45H55N11O14S. The van der Waals surface area contributed by atoms with Crippen molar-refractivity contribution < 1.29 is 68.3 Å². The van der Waals surface area contributed by atoms with E-state index < -0.39 is 103 Å². The maximum Gasteiger partial charge on any atom is 0.336 e. The van der Waals surface area contributed by atoms with Gasteiger partial charge in [-0.05, 0) is 54.8 Å². The summed E-state index contributed by atoms with van der Waals surface area (Å²) in [6.45, 7) is -0.617. The van der Waals surface area contributed by atoms with Crippen molar-refractivity contribution in [3.63, 3.8) is 0 Å². The van der Waals surface area contributed by atoms with Crippen molar-refractivity contribution in [2.24, 2.45) is 27.2 Å². The van der Waals surface area contributed by atoms with Gasteiger partial charge in [0.15, 0.2) is 5.96 Å². The van der Waals surface area contributed by atoms with Gasteiger partial charge in [-0.25, -0.2) is 14.6 Å². The van der Waals surface area contributed by atoms with Crippen LogP contribution in [0.15, 0.2) is 75.8 Å². The Labute approximate surface area is 410 Å². The number of rotatable bonds is 24. The van der Waals surface area contributed by atoms with E-state index in [-0.39, 0.29) is 42.4 Å². The number of anilines is 2. The third kappa shape index (κ3) is 15.9. The van der Waals surface area contributed by atoms with E-state index in [0.717, 1.165) is 23.1 Å². The molecule has 14 N–H and O–H groups in total. The average molecular weight is 1010 g/mol. The molecule has 2 aromatic carbocycles. The summed E-state index contributed by atoms with van der Waals surface area (Å²) < 4.78 is 6.36. The number of hydrogen-bond donors (Lipinski definition) is 11. The molecule has 0 saturated heterocycles. The number of fused-ring (bicyclic) bond motifs is 2. The first-order chi connectivity index (χ1) is 33.5. The molecule has 1 heterocycles. The Morgan fingerprint density at radius 2 is 1.24 bits per heavy atom. The van der Waals surface area contributed by atoms with Crippen LogP contribution in [0.2, 0.25) is 0 Å². The molecular weight excluding hydrogens is 951 g/mol. The minimum absolute atomic E-state index is 0.00466. The molecule has 0 bridgehead atoms. The fourth-order valence-electron chi connectivity index (χ4n) is 6.93. The van der Waals surface area contributed by atoms with Crippen molar-refractivity contribution in [3.05, 3.63) is 76.9 Å². The number of hydrogen-bond acceptors (Lipinski definition) is 15. The van der Waals surface area contributed by atoms with Crippen LogP contribution in [-0.4, -0.2) is 162 Å². The lowest BCUT2D eigenvalue weighted by Gasteiger charge is -2.28. The van der Waals surface area contributed by atoms with E-state index in [0.29, 0.717) is 33.8 Å². The zero-order valence-corrected chi connectivity index (χ0v) is 39.8. The van der Waals surface area contributed by atoms with Crippen LogP contribution in [0.25, 0.3) is 5.57 Å². The molecule has 2 aromatic rings. The molecule has 380 valence electrons. The van der Waals surface area contributed by atoms with Crippen molar-refractivity contribution >= 4 is 93.8 Å². The minimum atomic E-state index is -1.99. The highest BCUT2D eigenvalue weighted by Crippen LogP contribution is 2.48. The fourth-order valence-corrected chi connectivity index (χ4v) is 7.76. The fraction of sp³-hybridized carbons (Fsp3) is 0.356. The Balaban J connectivity index is 1.52. The third-order valence-electron chi connectivity index (χ3n) is 10.4. The van der Waals surface area contributed by atoms with Gasteiger partial charge in [-0.15, -0.1) is 11.8 Å². The smallest absolute Gasteiger partial charge is 0.336 e. The van der Waals surface area contributed by atoms with Gasteiger partial charge in [0.25, 0.3) is 5.91 Å². The van der Waals surface area contributed by atoms with Crippen molar-refractivity contribution in [2.75, 3.05) is 62.6 Å². The van der Waals surface area contributed by atoms with E-state index >= 15 is 0 Å². The van der Waals surface area contributed by atoms with Gasteiger partial charge in [0.2, 0.25) is 23.6 Å². The predicted molar refractivity (Wildman–Crippen MR) is 261 cm³/mol. The first-order valence-electron chi connectivity index (χ1n) is 21.5. The second-order valence-corrected chi connectivity index (χ2v) is 17.2. The van der Waals surface area contributed by atoms with Gasteiger partial charge < -0.3 is 73.4 Å². The van der Waals surface area contributed by atoms with Gasteiger partial charge in [0.1, 0.15) is 35.7 Å². The van der Waals surface area contributed by atoms with Crippen LogP contribution in [0.3, 0.4) is 0 Å². The Bertz CT molecular complexity index is 2550. The van der Waals surface area contributed by atoms with Gasteiger partial charge in [0.05, 0.1) is 36.4 Å². The van der Waals surface area contributed by atoms with E-state index in [1.807, 2.05) is 79.7 Å². The summed E-state index contributed by atoms with van der Waals surface area (Å²) in [7, 11) is 7.49. The third-order valence-corrected chi connectivity index (χ3v) is 11.4. The number of nitrogens with one attached hydrogen (secondary N) is 4. The summed E-state index contributed by atoms with van der Waals surface area (Å²) in [5, 5.41) is 47.7. The molecule has 4 rings (SSSR count). The highest BCUT2D eigenvalue weighted by atomic mass is 32.2. The van der Waals surface area contributed by atoms with Gasteiger partial charge in [-0.2, -0.15) is 0 Å². The number of allylic oxidation sites excluding steroid dienone is 3. The van der Waals surface area contributed by atoms with E-state index in [9.17, 15) is 63.6 Å². The molecule has 25 nitrogen and oxygen atoms in total. The molecule has 1 aliphatic carbocycles. The van der Waals surface area contributed by atoms with Crippen LogP contribution in [0, 0.1) is 0 Å². The summed E-state index contributed by atoms with van der Waals surface area (Å²) in [5.74, 6) is -11.6. The number of benzene rings is 2. The monoisotopic (exact) mass is 1010 g/mol. The van der Waals surface area contributed by atoms with E-state index in [4.69, 9.17) is 21.9 Å². The molecule has 5 amide bonds. The molecule has 4 atom stereocenters. The predicted octanol–water partition coefficient (Wildman–Crippen LogP) is -1.01. The molecule has 0 spiro atoms. The second-order valence-electron chi connectivity index (χ2n) is 16.2.